The van der Waals surface area contributed by atoms with Crippen molar-refractivity contribution in [3.8, 4) is 5.75 Å². The van der Waals surface area contributed by atoms with E-state index in [9.17, 15) is 8.42 Å². The summed E-state index contributed by atoms with van der Waals surface area (Å²) in [7, 11) is 0.134. The molecular weight excluding hydrogens is 519 g/mol. The summed E-state index contributed by atoms with van der Waals surface area (Å²) in [5, 5.41) is 3.37. The number of nitrogens with zero attached hydrogens (tertiary/aromatic N) is 3. The van der Waals surface area contributed by atoms with E-state index in [1.807, 2.05) is 32.0 Å². The van der Waals surface area contributed by atoms with Crippen molar-refractivity contribution in [2.75, 3.05) is 59.2 Å². The summed E-state index contributed by atoms with van der Waals surface area (Å²) in [5.74, 6) is 1.70. The first-order valence-corrected chi connectivity index (χ1v) is 11.6. The van der Waals surface area contributed by atoms with Crippen LogP contribution in [0.3, 0.4) is 0 Å². The summed E-state index contributed by atoms with van der Waals surface area (Å²) in [4.78, 5) is 6.45. The number of ether oxygens (including phenoxy) is 2. The van der Waals surface area contributed by atoms with E-state index >= 15 is 0 Å². The summed E-state index contributed by atoms with van der Waals surface area (Å²) >= 11 is 0. The lowest BCUT2D eigenvalue weighted by Gasteiger charge is -2.35. The van der Waals surface area contributed by atoms with Gasteiger partial charge in [0.2, 0.25) is 10.0 Å². The number of hydrogen-bond acceptors (Lipinski definition) is 5. The van der Waals surface area contributed by atoms with Crippen LogP contribution in [-0.4, -0.2) is 88.9 Å². The number of aliphatic imine (C=N–C) groups is 1. The van der Waals surface area contributed by atoms with Crippen LogP contribution in [0, 0.1) is 0 Å². The predicted molar refractivity (Wildman–Crippen MR) is 131 cm³/mol. The van der Waals surface area contributed by atoms with Gasteiger partial charge in [0.25, 0.3) is 0 Å². The summed E-state index contributed by atoms with van der Waals surface area (Å²) in [6, 6.07) is 7.96. The molecule has 1 saturated heterocycles. The third-order valence-corrected chi connectivity index (χ3v) is 6.64. The molecule has 0 aromatic heterocycles. The van der Waals surface area contributed by atoms with Crippen LogP contribution < -0.4 is 10.1 Å². The molecule has 0 bridgehead atoms. The molecule has 0 radical (unpaired) electrons. The van der Waals surface area contributed by atoms with Gasteiger partial charge < -0.3 is 19.7 Å². The highest BCUT2D eigenvalue weighted by atomic mass is 127. The van der Waals surface area contributed by atoms with E-state index in [2.05, 4.69) is 21.3 Å². The summed E-state index contributed by atoms with van der Waals surface area (Å²) in [6.45, 7) is 6.88. The van der Waals surface area contributed by atoms with Crippen molar-refractivity contribution in [1.82, 2.24) is 14.5 Å². The second-order valence-corrected chi connectivity index (χ2v) is 9.25. The molecule has 0 unspecified atom stereocenters. The van der Waals surface area contributed by atoms with Crippen LogP contribution in [-0.2, 0) is 21.2 Å². The van der Waals surface area contributed by atoms with Crippen LogP contribution in [0.15, 0.2) is 29.3 Å². The lowest BCUT2D eigenvalue weighted by Crippen LogP contribution is -2.54. The largest absolute Gasteiger partial charge is 0.496 e. The highest BCUT2D eigenvalue weighted by molar-refractivity contribution is 14.0. The first kappa shape index (κ1) is 26.9. The van der Waals surface area contributed by atoms with Crippen LogP contribution in [0.5, 0.6) is 5.75 Å². The summed E-state index contributed by atoms with van der Waals surface area (Å²) in [5.41, 5.74) is 1.14. The van der Waals surface area contributed by atoms with Gasteiger partial charge in [-0.1, -0.05) is 18.2 Å². The topological polar surface area (TPSA) is 83.5 Å². The fourth-order valence-electron chi connectivity index (χ4n) is 3.25. The molecule has 1 aromatic carbocycles. The van der Waals surface area contributed by atoms with Crippen molar-refractivity contribution >= 4 is 40.0 Å². The van der Waals surface area contributed by atoms with Gasteiger partial charge in [-0.15, -0.1) is 24.0 Å². The van der Waals surface area contributed by atoms with Crippen LogP contribution in [0.2, 0.25) is 0 Å². The Labute approximate surface area is 198 Å². The zero-order chi connectivity index (χ0) is 21.3. The number of para-hydroxylation sites is 1. The Balaban J connectivity index is 0.00000450. The molecule has 0 atom stereocenters. The van der Waals surface area contributed by atoms with Crippen molar-refractivity contribution in [2.45, 2.75) is 26.4 Å². The van der Waals surface area contributed by atoms with Gasteiger partial charge in [-0.05, 0) is 31.9 Å². The Kier molecular flexibility index (Phi) is 12.0. The van der Waals surface area contributed by atoms with Gasteiger partial charge in [-0.3, -0.25) is 4.99 Å². The zero-order valence-electron chi connectivity index (χ0n) is 18.3. The molecule has 8 nitrogen and oxygen atoms in total. The SMILES string of the molecule is CN=C(NCCc1ccccc1OC)N1CCN(S(=O)(=O)CCOC(C)C)CC1.I. The molecule has 0 aliphatic carbocycles. The number of guanidine groups is 1. The van der Waals surface area contributed by atoms with Gasteiger partial charge in [-0.25, -0.2) is 8.42 Å². The van der Waals surface area contributed by atoms with Crippen LogP contribution in [0.25, 0.3) is 0 Å². The average Bonchev–Trinajstić information content (AvgIpc) is 2.71. The molecule has 0 spiro atoms. The molecule has 1 heterocycles. The lowest BCUT2D eigenvalue weighted by atomic mass is 10.1. The zero-order valence-corrected chi connectivity index (χ0v) is 21.5. The van der Waals surface area contributed by atoms with Crippen molar-refractivity contribution in [1.29, 1.82) is 0 Å². The Morgan fingerprint density at radius 2 is 1.87 bits per heavy atom. The first-order valence-electron chi connectivity index (χ1n) is 10.0. The minimum Gasteiger partial charge on any atom is -0.496 e. The fraction of sp³-hybridized carbons (Fsp3) is 0.650. The molecular formula is C20H35IN4O4S. The molecule has 1 aromatic rings. The van der Waals surface area contributed by atoms with Crippen LogP contribution >= 0.6 is 24.0 Å². The van der Waals surface area contributed by atoms with Crippen LogP contribution in [0.4, 0.5) is 0 Å². The van der Waals surface area contributed by atoms with Crippen molar-refractivity contribution in [2.24, 2.45) is 4.99 Å². The third-order valence-electron chi connectivity index (χ3n) is 4.81. The number of piperazine rings is 1. The maximum absolute atomic E-state index is 12.5. The minimum absolute atomic E-state index is 0. The van der Waals surface area contributed by atoms with Gasteiger partial charge >= 0.3 is 0 Å². The number of sulfonamides is 1. The molecule has 0 amide bonds. The van der Waals surface area contributed by atoms with Gasteiger partial charge in [0.1, 0.15) is 5.75 Å². The highest BCUT2D eigenvalue weighted by Gasteiger charge is 2.27. The van der Waals surface area contributed by atoms with E-state index in [0.717, 1.165) is 30.2 Å². The van der Waals surface area contributed by atoms with Gasteiger partial charge in [-0.2, -0.15) is 4.31 Å². The number of hydrogen-bond donors (Lipinski definition) is 1. The number of nitrogens with one attached hydrogen (secondary N) is 1. The first-order chi connectivity index (χ1) is 13.9. The molecule has 0 saturated carbocycles. The number of methoxy groups -OCH3 is 1. The fourth-order valence-corrected chi connectivity index (χ4v) is 4.53. The summed E-state index contributed by atoms with van der Waals surface area (Å²) in [6.07, 6.45) is 0.847. The van der Waals surface area contributed by atoms with Crippen molar-refractivity contribution in [3.63, 3.8) is 0 Å². The number of halogens is 1. The Morgan fingerprint density at radius 1 is 1.20 bits per heavy atom. The highest BCUT2D eigenvalue weighted by Crippen LogP contribution is 2.17. The van der Waals surface area contributed by atoms with Gasteiger partial charge in [0.15, 0.2) is 5.96 Å². The molecule has 1 aliphatic rings. The van der Waals surface area contributed by atoms with Crippen molar-refractivity contribution in [3.05, 3.63) is 29.8 Å². The Morgan fingerprint density at radius 3 is 2.47 bits per heavy atom. The van der Waals surface area contributed by atoms with E-state index in [0.29, 0.717) is 26.2 Å². The Bertz CT molecular complexity index is 766. The minimum atomic E-state index is -3.29. The molecule has 2 rings (SSSR count). The van der Waals surface area contributed by atoms with Gasteiger partial charge in [0.05, 0.1) is 25.6 Å². The second kappa shape index (κ2) is 13.3. The van der Waals surface area contributed by atoms with E-state index < -0.39 is 10.0 Å². The van der Waals surface area contributed by atoms with E-state index in [1.54, 1.807) is 18.5 Å². The summed E-state index contributed by atoms with van der Waals surface area (Å²) < 4.78 is 37.3. The maximum atomic E-state index is 12.5. The maximum Gasteiger partial charge on any atom is 0.216 e. The monoisotopic (exact) mass is 554 g/mol. The van der Waals surface area contributed by atoms with Crippen molar-refractivity contribution < 1.29 is 17.9 Å². The second-order valence-electron chi connectivity index (χ2n) is 7.16. The van der Waals surface area contributed by atoms with Crippen LogP contribution in [0.1, 0.15) is 19.4 Å². The number of benzene rings is 1. The average molecular weight is 554 g/mol. The molecule has 1 N–H and O–H groups in total. The lowest BCUT2D eigenvalue weighted by molar-refractivity contribution is 0.0904. The molecule has 10 heteroatoms. The van der Waals surface area contributed by atoms with E-state index in [4.69, 9.17) is 9.47 Å². The van der Waals surface area contributed by atoms with E-state index in [1.165, 1.54) is 0 Å². The molecule has 1 fully saturated rings. The third kappa shape index (κ3) is 8.20. The molecule has 172 valence electrons. The normalized spacial score (nSPS) is 15.8. The number of rotatable bonds is 9. The smallest absolute Gasteiger partial charge is 0.216 e. The van der Waals surface area contributed by atoms with Gasteiger partial charge in [0, 0.05) is 39.8 Å². The quantitative estimate of drug-likeness (QED) is 0.285. The molecule has 1 aliphatic heterocycles. The Hall–Kier alpha value is -1.11. The predicted octanol–water partition coefficient (Wildman–Crippen LogP) is 1.80. The molecule has 30 heavy (non-hydrogen) atoms. The van der Waals surface area contributed by atoms with E-state index in [-0.39, 0.29) is 42.4 Å². The standard InChI is InChI=1S/C20H34N4O4S.HI/c1-17(2)28-15-16-29(25,26)24-13-11-23(12-14-24)20(21-3)22-10-9-18-7-5-6-8-19(18)27-4;/h5-8,17H,9-16H2,1-4H3,(H,21,22);1H.